The predicted molar refractivity (Wildman–Crippen MR) is 78.1 cm³/mol. The lowest BCUT2D eigenvalue weighted by Crippen LogP contribution is -2.32. The van der Waals surface area contributed by atoms with Crippen molar-refractivity contribution in [3.8, 4) is 6.07 Å². The lowest BCUT2D eigenvalue weighted by Gasteiger charge is -2.23. The molecule has 0 aromatic heterocycles. The molecule has 0 radical (unpaired) electrons. The summed E-state index contributed by atoms with van der Waals surface area (Å²) in [7, 11) is 0. The van der Waals surface area contributed by atoms with Gasteiger partial charge in [-0.1, -0.05) is 0 Å². The second-order valence-electron chi connectivity index (χ2n) is 5.33. The van der Waals surface area contributed by atoms with Crippen LogP contribution in [0.1, 0.15) is 40.5 Å². The summed E-state index contributed by atoms with van der Waals surface area (Å²) >= 11 is 0. The summed E-state index contributed by atoms with van der Waals surface area (Å²) in [5.74, 6) is 0. The summed E-state index contributed by atoms with van der Waals surface area (Å²) in [6, 6.07) is 2.35. The predicted octanol–water partition coefficient (Wildman–Crippen LogP) is 2.69. The van der Waals surface area contributed by atoms with Crippen molar-refractivity contribution in [2.75, 3.05) is 46.1 Å². The minimum atomic E-state index is -0.217. The average molecular weight is 270 g/mol. The van der Waals surface area contributed by atoms with Crippen molar-refractivity contribution in [1.82, 2.24) is 4.90 Å². The highest BCUT2D eigenvalue weighted by Crippen LogP contribution is 2.20. The maximum Gasteiger partial charge on any atom is 0.0683 e. The van der Waals surface area contributed by atoms with E-state index in [-0.39, 0.29) is 5.41 Å². The summed E-state index contributed by atoms with van der Waals surface area (Å²) in [5, 5.41) is 9.00. The van der Waals surface area contributed by atoms with Crippen molar-refractivity contribution in [1.29, 1.82) is 5.26 Å². The van der Waals surface area contributed by atoms with Crippen LogP contribution < -0.4 is 0 Å². The largest absolute Gasteiger partial charge is 0.380 e. The Bertz CT molecular complexity index is 239. The Morgan fingerprint density at radius 2 is 1.53 bits per heavy atom. The maximum atomic E-state index is 9.00. The highest BCUT2D eigenvalue weighted by Gasteiger charge is 2.16. The molecule has 0 aliphatic heterocycles. The summed E-state index contributed by atoms with van der Waals surface area (Å²) in [6.45, 7) is 14.0. The van der Waals surface area contributed by atoms with Gasteiger partial charge in [0.1, 0.15) is 0 Å². The number of ether oxygens (including phenoxy) is 2. The normalized spacial score (nSPS) is 11.8. The first-order valence-electron chi connectivity index (χ1n) is 7.34. The van der Waals surface area contributed by atoms with Gasteiger partial charge in [-0.3, -0.25) is 4.90 Å². The van der Waals surface area contributed by atoms with E-state index in [2.05, 4.69) is 11.0 Å². The van der Waals surface area contributed by atoms with Gasteiger partial charge in [-0.15, -0.1) is 0 Å². The van der Waals surface area contributed by atoms with Crippen LogP contribution in [0, 0.1) is 16.7 Å². The summed E-state index contributed by atoms with van der Waals surface area (Å²) in [4.78, 5) is 2.36. The number of hydrogen-bond donors (Lipinski definition) is 0. The van der Waals surface area contributed by atoms with E-state index in [1.165, 1.54) is 0 Å². The molecule has 0 spiro atoms. The quantitative estimate of drug-likeness (QED) is 0.512. The van der Waals surface area contributed by atoms with E-state index < -0.39 is 0 Å². The molecule has 4 heteroatoms. The molecule has 0 aliphatic rings. The molecule has 0 aliphatic carbocycles. The molecule has 0 bridgehead atoms. The molecule has 19 heavy (non-hydrogen) atoms. The summed E-state index contributed by atoms with van der Waals surface area (Å²) in [6.07, 6.45) is 1.97. The van der Waals surface area contributed by atoms with Crippen molar-refractivity contribution in [2.24, 2.45) is 5.41 Å². The smallest absolute Gasteiger partial charge is 0.0683 e. The van der Waals surface area contributed by atoms with E-state index in [4.69, 9.17) is 14.7 Å². The van der Waals surface area contributed by atoms with E-state index in [1.807, 2.05) is 27.7 Å². The van der Waals surface area contributed by atoms with Crippen molar-refractivity contribution < 1.29 is 9.47 Å². The highest BCUT2D eigenvalue weighted by molar-refractivity contribution is 4.91. The first-order valence-corrected chi connectivity index (χ1v) is 7.34. The zero-order valence-corrected chi connectivity index (χ0v) is 13.1. The van der Waals surface area contributed by atoms with Crippen LogP contribution in [0.3, 0.4) is 0 Å². The third-order valence-electron chi connectivity index (χ3n) is 3.09. The average Bonchev–Trinajstić information content (AvgIpc) is 2.38. The molecule has 112 valence electrons. The Hall–Kier alpha value is -0.630. The summed E-state index contributed by atoms with van der Waals surface area (Å²) < 4.78 is 10.8. The van der Waals surface area contributed by atoms with Gasteiger partial charge >= 0.3 is 0 Å². The van der Waals surface area contributed by atoms with Gasteiger partial charge in [-0.05, 0) is 47.1 Å². The van der Waals surface area contributed by atoms with Crippen LogP contribution in [0.5, 0.6) is 0 Å². The third kappa shape index (κ3) is 10.9. The molecule has 0 aromatic carbocycles. The van der Waals surface area contributed by atoms with Crippen LogP contribution >= 0.6 is 0 Å². The number of rotatable bonds is 12. The molecule has 0 atom stereocenters. The van der Waals surface area contributed by atoms with Gasteiger partial charge in [-0.25, -0.2) is 0 Å². The van der Waals surface area contributed by atoms with Crippen LogP contribution in [-0.2, 0) is 9.47 Å². The monoisotopic (exact) mass is 270 g/mol. The zero-order chi connectivity index (χ0) is 14.6. The highest BCUT2D eigenvalue weighted by atomic mass is 16.5. The molecule has 0 amide bonds. The molecule has 0 unspecified atom stereocenters. The standard InChI is InChI=1S/C15H30N2O2/c1-5-18-12-10-17(11-13-19-6-2)9-7-8-15(3,4)14-16/h5-13H2,1-4H3. The molecule has 0 rings (SSSR count). The fourth-order valence-electron chi connectivity index (χ4n) is 1.81. The van der Waals surface area contributed by atoms with Gasteiger partial charge in [0.15, 0.2) is 0 Å². The second kappa shape index (κ2) is 11.2. The van der Waals surface area contributed by atoms with E-state index >= 15 is 0 Å². The van der Waals surface area contributed by atoms with E-state index in [9.17, 15) is 0 Å². The lowest BCUT2D eigenvalue weighted by atomic mass is 9.90. The van der Waals surface area contributed by atoms with Crippen molar-refractivity contribution in [3.63, 3.8) is 0 Å². The molecule has 0 saturated heterocycles. The van der Waals surface area contributed by atoms with Crippen LogP contribution in [0.4, 0.5) is 0 Å². The Morgan fingerprint density at radius 3 is 1.95 bits per heavy atom. The Labute approximate surface area is 118 Å². The summed E-state index contributed by atoms with van der Waals surface area (Å²) in [5.41, 5.74) is -0.217. The molecule has 0 aromatic rings. The van der Waals surface area contributed by atoms with E-state index in [0.29, 0.717) is 0 Å². The van der Waals surface area contributed by atoms with Gasteiger partial charge in [0.2, 0.25) is 0 Å². The van der Waals surface area contributed by atoms with Crippen molar-refractivity contribution in [2.45, 2.75) is 40.5 Å². The SMILES string of the molecule is CCOCCN(CCCC(C)(C)C#N)CCOCC. The van der Waals surface area contributed by atoms with E-state index in [0.717, 1.165) is 58.9 Å². The lowest BCUT2D eigenvalue weighted by molar-refractivity contribution is 0.0812. The Balaban J connectivity index is 3.93. The van der Waals surface area contributed by atoms with E-state index in [1.54, 1.807) is 0 Å². The van der Waals surface area contributed by atoms with Crippen molar-refractivity contribution in [3.05, 3.63) is 0 Å². The van der Waals surface area contributed by atoms with Crippen LogP contribution in [0.25, 0.3) is 0 Å². The van der Waals surface area contributed by atoms with Crippen LogP contribution in [-0.4, -0.2) is 51.0 Å². The third-order valence-corrected chi connectivity index (χ3v) is 3.09. The van der Waals surface area contributed by atoms with Gasteiger partial charge in [0.25, 0.3) is 0 Å². The fourth-order valence-corrected chi connectivity index (χ4v) is 1.81. The Kier molecular flexibility index (Phi) is 10.8. The minimum Gasteiger partial charge on any atom is -0.380 e. The molecule has 4 nitrogen and oxygen atoms in total. The molecule has 0 saturated carbocycles. The number of hydrogen-bond acceptors (Lipinski definition) is 4. The zero-order valence-electron chi connectivity index (χ0n) is 13.1. The van der Waals surface area contributed by atoms with Gasteiger partial charge in [0.05, 0.1) is 24.7 Å². The molecule has 0 N–H and O–H groups in total. The van der Waals surface area contributed by atoms with Gasteiger partial charge in [-0.2, -0.15) is 5.26 Å². The molecular formula is C15H30N2O2. The minimum absolute atomic E-state index is 0.217. The fraction of sp³-hybridized carbons (Fsp3) is 0.933. The van der Waals surface area contributed by atoms with Crippen LogP contribution in [0.15, 0.2) is 0 Å². The van der Waals surface area contributed by atoms with Crippen LogP contribution in [0.2, 0.25) is 0 Å². The molecule has 0 fully saturated rings. The Morgan fingerprint density at radius 1 is 1.00 bits per heavy atom. The van der Waals surface area contributed by atoms with Gasteiger partial charge < -0.3 is 9.47 Å². The molecule has 0 heterocycles. The van der Waals surface area contributed by atoms with Crippen molar-refractivity contribution >= 4 is 0 Å². The molecular weight excluding hydrogens is 240 g/mol. The first kappa shape index (κ1) is 18.4. The number of nitrogens with zero attached hydrogens (tertiary/aromatic N) is 2. The van der Waals surface area contributed by atoms with Gasteiger partial charge in [0, 0.05) is 26.3 Å². The topological polar surface area (TPSA) is 45.5 Å². The number of nitriles is 1. The first-order chi connectivity index (χ1) is 9.05. The second-order valence-corrected chi connectivity index (χ2v) is 5.33. The maximum absolute atomic E-state index is 9.00.